The molecule has 10 atom stereocenters. The quantitative estimate of drug-likeness (QED) is 0.137. The van der Waals surface area contributed by atoms with Crippen molar-refractivity contribution in [1.29, 1.82) is 0 Å². The highest BCUT2D eigenvalue weighted by molar-refractivity contribution is 7.89. The number of carbonyl (C=O) groups is 2. The fourth-order valence-corrected chi connectivity index (χ4v) is 7.90. The third kappa shape index (κ3) is 8.90. The van der Waals surface area contributed by atoms with Crippen molar-refractivity contribution >= 4 is 27.8 Å². The van der Waals surface area contributed by atoms with Crippen LogP contribution in [0.15, 0.2) is 59.5 Å². The highest BCUT2D eigenvalue weighted by atomic mass is 32.2. The number of fused-ring (bicyclic) bond motifs is 1. The van der Waals surface area contributed by atoms with Crippen LogP contribution < -0.4 is 10.6 Å². The molecule has 50 heavy (non-hydrogen) atoms. The van der Waals surface area contributed by atoms with Gasteiger partial charge in [0.2, 0.25) is 10.0 Å². The Morgan fingerprint density at radius 3 is 2.34 bits per heavy atom. The van der Waals surface area contributed by atoms with Gasteiger partial charge in [0, 0.05) is 18.8 Å². The number of sulfonamides is 1. The van der Waals surface area contributed by atoms with Crippen LogP contribution in [0.4, 0.5) is 10.5 Å². The van der Waals surface area contributed by atoms with Crippen molar-refractivity contribution in [2.24, 2.45) is 11.8 Å². The molecule has 0 aromatic heterocycles. The van der Waals surface area contributed by atoms with Crippen LogP contribution in [0.2, 0.25) is 0 Å². The van der Waals surface area contributed by atoms with E-state index >= 15 is 0 Å². The molecule has 0 radical (unpaired) electrons. The van der Waals surface area contributed by atoms with Crippen LogP contribution >= 0.6 is 0 Å². The molecule has 0 unspecified atom stereocenters. The third-order valence-corrected chi connectivity index (χ3v) is 10.8. The number of anilines is 1. The van der Waals surface area contributed by atoms with Gasteiger partial charge in [-0.25, -0.2) is 18.0 Å². The Labute approximate surface area is 290 Å². The minimum Gasteiger partial charge on any atom is -0.479 e. The number of nitrogens with one attached hydrogen (secondary N) is 2. The van der Waals surface area contributed by atoms with Crippen molar-refractivity contribution in [3.05, 3.63) is 60.2 Å². The van der Waals surface area contributed by atoms with Gasteiger partial charge in [0.05, 0.1) is 36.2 Å². The monoisotopic (exact) mass is 723 g/mol. The zero-order valence-electron chi connectivity index (χ0n) is 27.6. The summed E-state index contributed by atoms with van der Waals surface area (Å²) in [7, 11) is -4.21. The summed E-state index contributed by atoms with van der Waals surface area (Å²) in [6.45, 7) is 4.03. The summed E-state index contributed by atoms with van der Waals surface area (Å²) in [5.41, 5.74) is 1.03. The van der Waals surface area contributed by atoms with E-state index in [1.165, 1.54) is 24.3 Å². The highest BCUT2D eigenvalue weighted by Gasteiger charge is 2.47. The van der Waals surface area contributed by atoms with Gasteiger partial charge in [-0.05, 0) is 48.6 Å². The van der Waals surface area contributed by atoms with Crippen LogP contribution in [0.25, 0.3) is 0 Å². The van der Waals surface area contributed by atoms with Gasteiger partial charge in [-0.3, -0.25) is 0 Å². The molecule has 7 N–H and O–H groups in total. The molecule has 3 saturated heterocycles. The second kappa shape index (κ2) is 16.3. The lowest BCUT2D eigenvalue weighted by Gasteiger charge is -2.39. The topological polar surface area (TPSA) is 234 Å². The lowest BCUT2D eigenvalue weighted by Crippen LogP contribution is -2.61. The van der Waals surface area contributed by atoms with Gasteiger partial charge in [-0.15, -0.1) is 0 Å². The minimum atomic E-state index is -4.21. The Bertz CT molecular complexity index is 1550. The van der Waals surface area contributed by atoms with E-state index in [4.69, 9.17) is 18.9 Å². The number of hydrogen-bond donors (Lipinski definition) is 7. The summed E-state index contributed by atoms with van der Waals surface area (Å²) in [6, 6.07) is 13.5. The summed E-state index contributed by atoms with van der Waals surface area (Å²) in [4.78, 5) is 24.4. The molecule has 0 spiro atoms. The molecule has 1 amide bonds. The molecule has 2 aromatic carbocycles. The number of aliphatic hydroxyl groups is 4. The average Bonchev–Trinajstić information content (AvgIpc) is 3.70. The van der Waals surface area contributed by atoms with Crippen molar-refractivity contribution in [2.45, 2.75) is 86.8 Å². The first-order valence-electron chi connectivity index (χ1n) is 16.5. The zero-order chi connectivity index (χ0) is 36.2. The number of carboxylic acid groups (broad SMARTS) is 1. The van der Waals surface area contributed by atoms with Gasteiger partial charge < -0.3 is 55.1 Å². The van der Waals surface area contributed by atoms with E-state index in [2.05, 4.69) is 10.6 Å². The molecule has 17 heteroatoms. The SMILES string of the molecule is CC(C)CN(C[C@@H](O)[C@H](Cc1ccccc1)NC(=O)O[C@H]1CO[C@H]2OCC[C@H]21)S(=O)(=O)c1ccc(N[C@@H]2O[C@H](C(=O)O)[C@@H](O)[C@@H](O)[C@H]2O)cc1. The first-order valence-corrected chi connectivity index (χ1v) is 17.9. The fourth-order valence-electron chi connectivity index (χ4n) is 6.27. The summed E-state index contributed by atoms with van der Waals surface area (Å²) >= 11 is 0. The van der Waals surface area contributed by atoms with E-state index in [0.717, 1.165) is 9.87 Å². The predicted octanol–water partition coefficient (Wildman–Crippen LogP) is 0.0972. The second-order valence-electron chi connectivity index (χ2n) is 13.1. The number of alkyl carbamates (subject to hydrolysis) is 1. The molecule has 3 aliphatic rings. The van der Waals surface area contributed by atoms with E-state index in [1.807, 2.05) is 44.2 Å². The standard InChI is InChI=1S/C33H45N3O13S/c1-18(2)15-36(50(44,45)21-10-8-20(9-11-21)34-30-28(40)26(38)27(39)29(49-30)31(41)42)16-24(37)23(14-19-6-4-3-5-7-19)35-33(43)48-25-17-47-32-22(25)12-13-46-32/h3-11,18,22-30,32,34,37-40H,12-17H2,1-2H3,(H,35,43)(H,41,42)/t22-,23-,24+,25-,26+,27-,28+,29-,30+,32+/m0/s1. The molecule has 0 bridgehead atoms. The number of benzene rings is 2. The van der Waals surface area contributed by atoms with Crippen molar-refractivity contribution in [1.82, 2.24) is 9.62 Å². The fraction of sp³-hybridized carbons (Fsp3) is 0.576. The molecule has 3 aliphatic heterocycles. The Morgan fingerprint density at radius 2 is 1.68 bits per heavy atom. The molecule has 0 aliphatic carbocycles. The van der Waals surface area contributed by atoms with Gasteiger partial charge in [0.1, 0.15) is 24.4 Å². The number of rotatable bonds is 14. The molecule has 5 rings (SSSR count). The van der Waals surface area contributed by atoms with E-state index in [9.17, 15) is 43.5 Å². The van der Waals surface area contributed by atoms with Crippen LogP contribution in [-0.4, -0.2) is 132 Å². The Kier molecular flexibility index (Phi) is 12.3. The number of carbonyl (C=O) groups excluding carboxylic acids is 1. The summed E-state index contributed by atoms with van der Waals surface area (Å²) in [5, 5.41) is 56.7. The van der Waals surface area contributed by atoms with Crippen molar-refractivity contribution in [2.75, 3.05) is 31.6 Å². The normalized spacial score (nSPS) is 29.4. The lowest BCUT2D eigenvalue weighted by atomic mass is 9.98. The number of aliphatic hydroxyl groups excluding tert-OH is 4. The Hall–Kier alpha value is -3.39. The molecule has 276 valence electrons. The summed E-state index contributed by atoms with van der Waals surface area (Å²) in [6.07, 6.45) is -10.8. The Balaban J connectivity index is 1.29. The summed E-state index contributed by atoms with van der Waals surface area (Å²) < 4.78 is 51.0. The first-order chi connectivity index (χ1) is 23.7. The van der Waals surface area contributed by atoms with Crippen molar-refractivity contribution in [3.63, 3.8) is 0 Å². The largest absolute Gasteiger partial charge is 0.479 e. The van der Waals surface area contributed by atoms with Crippen LogP contribution in [0, 0.1) is 11.8 Å². The number of hydrogen-bond acceptors (Lipinski definition) is 13. The maximum atomic E-state index is 14.0. The zero-order valence-corrected chi connectivity index (χ0v) is 28.5. The van der Waals surface area contributed by atoms with Crippen LogP contribution in [0.5, 0.6) is 0 Å². The third-order valence-electron chi connectivity index (χ3n) is 8.93. The summed E-state index contributed by atoms with van der Waals surface area (Å²) in [5.74, 6) is -1.77. The lowest BCUT2D eigenvalue weighted by molar-refractivity contribution is -0.221. The van der Waals surface area contributed by atoms with Gasteiger partial charge in [-0.2, -0.15) is 4.31 Å². The molecular formula is C33H45N3O13S. The molecule has 3 fully saturated rings. The van der Waals surface area contributed by atoms with Gasteiger partial charge in [0.25, 0.3) is 0 Å². The number of aliphatic carboxylic acids is 1. The molecule has 0 saturated carbocycles. The number of carboxylic acids is 1. The number of amides is 1. The van der Waals surface area contributed by atoms with Crippen LogP contribution in [0.1, 0.15) is 25.8 Å². The number of ether oxygens (including phenoxy) is 4. The smallest absolute Gasteiger partial charge is 0.407 e. The van der Waals surface area contributed by atoms with E-state index in [0.29, 0.717) is 13.0 Å². The number of nitrogens with zero attached hydrogens (tertiary/aromatic N) is 1. The average molecular weight is 724 g/mol. The van der Waals surface area contributed by atoms with Crippen molar-refractivity contribution in [3.8, 4) is 0 Å². The first kappa shape index (κ1) is 37.9. The highest BCUT2D eigenvalue weighted by Crippen LogP contribution is 2.33. The van der Waals surface area contributed by atoms with E-state index in [-0.39, 0.29) is 48.5 Å². The second-order valence-corrected chi connectivity index (χ2v) is 15.1. The van der Waals surface area contributed by atoms with Gasteiger partial charge in [0.15, 0.2) is 18.6 Å². The van der Waals surface area contributed by atoms with Crippen LogP contribution in [0.3, 0.4) is 0 Å². The Morgan fingerprint density at radius 1 is 0.980 bits per heavy atom. The van der Waals surface area contributed by atoms with E-state index < -0.39 is 77.3 Å². The van der Waals surface area contributed by atoms with Gasteiger partial charge in [-0.1, -0.05) is 44.2 Å². The molecular weight excluding hydrogens is 678 g/mol. The van der Waals surface area contributed by atoms with E-state index in [1.54, 1.807) is 0 Å². The van der Waals surface area contributed by atoms with Crippen molar-refractivity contribution < 1.29 is 62.5 Å². The van der Waals surface area contributed by atoms with Crippen LogP contribution in [-0.2, 0) is 40.2 Å². The maximum absolute atomic E-state index is 14.0. The molecule has 16 nitrogen and oxygen atoms in total. The van der Waals surface area contributed by atoms with Gasteiger partial charge >= 0.3 is 12.1 Å². The molecule has 3 heterocycles. The molecule has 2 aromatic rings. The predicted molar refractivity (Wildman–Crippen MR) is 175 cm³/mol. The minimum absolute atomic E-state index is 0.0449. The maximum Gasteiger partial charge on any atom is 0.407 e.